The van der Waals surface area contributed by atoms with Crippen LogP contribution in [-0.4, -0.2) is 12.9 Å². The number of hydrogen-bond donors (Lipinski definition) is 0. The molecule has 2 aromatic carbocycles. The van der Waals surface area contributed by atoms with Gasteiger partial charge in [0.25, 0.3) is 0 Å². The smallest absolute Gasteiger partial charge is 0.184 e. The van der Waals surface area contributed by atoms with Gasteiger partial charge in [-0.2, -0.15) is 5.26 Å². The van der Waals surface area contributed by atoms with Gasteiger partial charge in [-0.3, -0.25) is 4.79 Å². The van der Waals surface area contributed by atoms with Crippen LogP contribution in [0, 0.1) is 11.3 Å². The van der Waals surface area contributed by atoms with Gasteiger partial charge in [0.1, 0.15) is 11.7 Å². The number of ketones is 1. The third-order valence-electron chi connectivity index (χ3n) is 2.90. The number of methoxy groups -OCH3 is 1. The second kappa shape index (κ2) is 5.83. The maximum Gasteiger partial charge on any atom is 0.184 e. The van der Waals surface area contributed by atoms with Crippen LogP contribution in [-0.2, 0) is 0 Å². The van der Waals surface area contributed by atoms with Gasteiger partial charge in [0.15, 0.2) is 5.78 Å². The number of rotatable bonds is 4. The molecule has 0 aliphatic rings. The lowest BCUT2D eigenvalue weighted by molar-refractivity contribution is 0.0979. The van der Waals surface area contributed by atoms with Gasteiger partial charge in [0.05, 0.1) is 13.2 Å². The average molecular weight is 251 g/mol. The van der Waals surface area contributed by atoms with Crippen LogP contribution in [0.4, 0.5) is 0 Å². The summed E-state index contributed by atoms with van der Waals surface area (Å²) in [7, 11) is 1.57. The van der Waals surface area contributed by atoms with Crippen molar-refractivity contribution >= 4 is 5.78 Å². The fourth-order valence-corrected chi connectivity index (χ4v) is 1.85. The third-order valence-corrected chi connectivity index (χ3v) is 2.90. The Morgan fingerprint density at radius 1 is 1.11 bits per heavy atom. The molecule has 0 aliphatic heterocycles. The zero-order chi connectivity index (χ0) is 13.7. The van der Waals surface area contributed by atoms with E-state index >= 15 is 0 Å². The third kappa shape index (κ3) is 2.80. The summed E-state index contributed by atoms with van der Waals surface area (Å²) in [5.41, 5.74) is 1.22. The number of nitrogens with zero attached hydrogens (tertiary/aromatic N) is 1. The summed E-state index contributed by atoms with van der Waals surface area (Å²) in [5, 5.41) is 9.22. The van der Waals surface area contributed by atoms with Gasteiger partial charge in [-0.05, 0) is 29.8 Å². The highest BCUT2D eigenvalue weighted by atomic mass is 16.5. The Morgan fingerprint density at radius 2 is 1.74 bits per heavy atom. The van der Waals surface area contributed by atoms with Crippen LogP contribution in [0.15, 0.2) is 54.6 Å². The van der Waals surface area contributed by atoms with E-state index in [2.05, 4.69) is 6.07 Å². The fraction of sp³-hybridized carbons (Fsp3) is 0.125. The minimum absolute atomic E-state index is 0.198. The van der Waals surface area contributed by atoms with Crippen molar-refractivity contribution in [1.29, 1.82) is 5.26 Å². The fourth-order valence-electron chi connectivity index (χ4n) is 1.85. The van der Waals surface area contributed by atoms with Crippen molar-refractivity contribution in [3.05, 3.63) is 65.7 Å². The molecule has 94 valence electrons. The molecule has 0 amide bonds. The number of carbonyl (C=O) groups is 1. The normalized spacial score (nSPS) is 11.4. The quantitative estimate of drug-likeness (QED) is 0.784. The Hall–Kier alpha value is -2.60. The number of ether oxygens (including phenoxy) is 1. The van der Waals surface area contributed by atoms with Crippen LogP contribution in [0.3, 0.4) is 0 Å². The summed E-state index contributed by atoms with van der Waals surface area (Å²) >= 11 is 0. The highest BCUT2D eigenvalue weighted by Crippen LogP contribution is 2.21. The molecule has 0 saturated heterocycles. The van der Waals surface area contributed by atoms with Crippen LogP contribution in [0.25, 0.3) is 0 Å². The van der Waals surface area contributed by atoms with Gasteiger partial charge in [-0.25, -0.2) is 0 Å². The SMILES string of the molecule is COc1ccc(C(=O)C(C#N)c2ccccc2)cc1. The summed E-state index contributed by atoms with van der Waals surface area (Å²) < 4.78 is 5.04. The minimum Gasteiger partial charge on any atom is -0.497 e. The molecule has 0 saturated carbocycles. The molecule has 2 rings (SSSR count). The van der Waals surface area contributed by atoms with Gasteiger partial charge < -0.3 is 4.74 Å². The lowest BCUT2D eigenvalue weighted by atomic mass is 9.92. The number of carbonyl (C=O) groups excluding carboxylic acids is 1. The maximum absolute atomic E-state index is 12.3. The van der Waals surface area contributed by atoms with Gasteiger partial charge in [-0.15, -0.1) is 0 Å². The van der Waals surface area contributed by atoms with E-state index in [-0.39, 0.29) is 5.78 Å². The predicted molar refractivity (Wildman–Crippen MR) is 72.1 cm³/mol. The summed E-state index contributed by atoms with van der Waals surface area (Å²) in [4.78, 5) is 12.3. The molecular formula is C16H13NO2. The standard InChI is InChI=1S/C16H13NO2/c1-19-14-9-7-13(8-10-14)16(18)15(11-17)12-5-3-2-4-6-12/h2-10,15H,1H3. The van der Waals surface area contributed by atoms with Crippen molar-refractivity contribution in [2.24, 2.45) is 0 Å². The van der Waals surface area contributed by atoms with Crippen molar-refractivity contribution in [1.82, 2.24) is 0 Å². The first-order valence-corrected chi connectivity index (χ1v) is 5.89. The Labute approximate surface area is 112 Å². The Balaban J connectivity index is 2.29. The number of Topliss-reactive ketones (excluding diaryl/α,β-unsaturated/α-hetero) is 1. The molecule has 3 nitrogen and oxygen atoms in total. The average Bonchev–Trinajstić information content (AvgIpc) is 2.49. The van der Waals surface area contributed by atoms with Crippen LogP contribution in [0.5, 0.6) is 5.75 Å². The monoisotopic (exact) mass is 251 g/mol. The summed E-state index contributed by atoms with van der Waals surface area (Å²) in [6, 6.07) is 17.9. The Morgan fingerprint density at radius 3 is 2.26 bits per heavy atom. The van der Waals surface area contributed by atoms with E-state index in [1.807, 2.05) is 18.2 Å². The molecule has 0 fully saturated rings. The Kier molecular flexibility index (Phi) is 3.94. The van der Waals surface area contributed by atoms with Crippen molar-refractivity contribution in [2.45, 2.75) is 5.92 Å². The van der Waals surface area contributed by atoms with Crippen molar-refractivity contribution < 1.29 is 9.53 Å². The van der Waals surface area contributed by atoms with Gasteiger partial charge >= 0.3 is 0 Å². The van der Waals surface area contributed by atoms with E-state index in [0.29, 0.717) is 16.9 Å². The molecule has 19 heavy (non-hydrogen) atoms. The molecule has 0 N–H and O–H groups in total. The second-order valence-electron chi connectivity index (χ2n) is 4.07. The summed E-state index contributed by atoms with van der Waals surface area (Å²) in [6.07, 6.45) is 0. The molecule has 0 aliphatic carbocycles. The maximum atomic E-state index is 12.3. The van der Waals surface area contributed by atoms with E-state index in [1.54, 1.807) is 43.5 Å². The molecule has 1 atom stereocenters. The van der Waals surface area contributed by atoms with Gasteiger partial charge in [-0.1, -0.05) is 30.3 Å². The predicted octanol–water partition coefficient (Wildman–Crippen LogP) is 3.19. The molecule has 3 heteroatoms. The van der Waals surface area contributed by atoms with E-state index in [1.165, 1.54) is 0 Å². The summed E-state index contributed by atoms with van der Waals surface area (Å²) in [6.45, 7) is 0. The van der Waals surface area contributed by atoms with E-state index in [0.717, 1.165) is 0 Å². The molecule has 0 spiro atoms. The molecule has 1 unspecified atom stereocenters. The first-order chi connectivity index (χ1) is 9.26. The molecule has 2 aromatic rings. The van der Waals surface area contributed by atoms with Crippen molar-refractivity contribution in [3.8, 4) is 11.8 Å². The van der Waals surface area contributed by atoms with Crippen LogP contribution < -0.4 is 4.74 Å². The van der Waals surface area contributed by atoms with Crippen molar-refractivity contribution in [3.63, 3.8) is 0 Å². The largest absolute Gasteiger partial charge is 0.497 e. The number of benzene rings is 2. The topological polar surface area (TPSA) is 50.1 Å². The molecule has 0 heterocycles. The highest BCUT2D eigenvalue weighted by Gasteiger charge is 2.21. The molecule has 0 radical (unpaired) electrons. The van der Waals surface area contributed by atoms with Gasteiger partial charge in [0, 0.05) is 5.56 Å². The van der Waals surface area contributed by atoms with Crippen LogP contribution in [0.2, 0.25) is 0 Å². The zero-order valence-corrected chi connectivity index (χ0v) is 10.5. The van der Waals surface area contributed by atoms with Crippen LogP contribution >= 0.6 is 0 Å². The number of nitriles is 1. The lowest BCUT2D eigenvalue weighted by Gasteiger charge is -2.09. The lowest BCUT2D eigenvalue weighted by Crippen LogP contribution is -2.11. The van der Waals surface area contributed by atoms with Crippen LogP contribution in [0.1, 0.15) is 21.8 Å². The molecular weight excluding hydrogens is 238 g/mol. The van der Waals surface area contributed by atoms with Crippen molar-refractivity contribution in [2.75, 3.05) is 7.11 Å². The summed E-state index contributed by atoms with van der Waals surface area (Å²) in [5.74, 6) is -0.282. The minimum atomic E-state index is -0.769. The first-order valence-electron chi connectivity index (χ1n) is 5.89. The molecule has 0 aromatic heterocycles. The highest BCUT2D eigenvalue weighted by molar-refractivity contribution is 6.02. The number of hydrogen-bond acceptors (Lipinski definition) is 3. The molecule has 0 bridgehead atoms. The zero-order valence-electron chi connectivity index (χ0n) is 10.5. The van der Waals surface area contributed by atoms with E-state index in [9.17, 15) is 10.1 Å². The Bertz CT molecular complexity index is 597. The van der Waals surface area contributed by atoms with E-state index < -0.39 is 5.92 Å². The first kappa shape index (κ1) is 12.8. The van der Waals surface area contributed by atoms with E-state index in [4.69, 9.17) is 4.74 Å². The second-order valence-corrected chi connectivity index (χ2v) is 4.07. The van der Waals surface area contributed by atoms with Gasteiger partial charge in [0.2, 0.25) is 0 Å².